The summed E-state index contributed by atoms with van der Waals surface area (Å²) in [6.07, 6.45) is -0.973. The summed E-state index contributed by atoms with van der Waals surface area (Å²) >= 11 is 0. The van der Waals surface area contributed by atoms with Crippen LogP contribution in [0.25, 0.3) is 0 Å². The molecule has 0 radical (unpaired) electrons. The van der Waals surface area contributed by atoms with Crippen molar-refractivity contribution in [2.45, 2.75) is 33.4 Å². The second kappa shape index (κ2) is 6.25. The minimum absolute atomic E-state index is 0.364. The third-order valence-electron chi connectivity index (χ3n) is 2.39. The van der Waals surface area contributed by atoms with Gasteiger partial charge in [-0.25, -0.2) is 0 Å². The van der Waals surface area contributed by atoms with Crippen molar-refractivity contribution in [1.82, 2.24) is 5.32 Å². The van der Waals surface area contributed by atoms with Crippen LogP contribution in [0.1, 0.15) is 25.0 Å². The molecule has 1 atom stereocenters. The van der Waals surface area contributed by atoms with Gasteiger partial charge in [0.2, 0.25) is 5.91 Å². The van der Waals surface area contributed by atoms with Crippen LogP contribution in [0.4, 0.5) is 0 Å². The Balaban J connectivity index is 2.61. The van der Waals surface area contributed by atoms with E-state index in [1.54, 1.807) is 0 Å². The van der Waals surface area contributed by atoms with Crippen LogP contribution in [-0.2, 0) is 11.3 Å². The molecule has 1 amide bonds. The molecule has 0 saturated carbocycles. The van der Waals surface area contributed by atoms with Gasteiger partial charge in [-0.3, -0.25) is 4.79 Å². The monoisotopic (exact) mass is 237 g/mol. The molecule has 4 nitrogen and oxygen atoms in total. The normalized spacial score (nSPS) is 12.0. The molecule has 4 heteroatoms. The number of rotatable bonds is 5. The predicted molar refractivity (Wildman–Crippen MR) is 65.9 cm³/mol. The van der Waals surface area contributed by atoms with Crippen molar-refractivity contribution in [3.8, 4) is 5.75 Å². The van der Waals surface area contributed by atoms with Crippen LogP contribution in [0.15, 0.2) is 18.2 Å². The molecule has 0 aliphatic rings. The molecule has 0 spiro atoms. The highest BCUT2D eigenvalue weighted by Gasteiger charge is 2.08. The Labute approximate surface area is 102 Å². The van der Waals surface area contributed by atoms with Crippen molar-refractivity contribution in [2.75, 3.05) is 6.61 Å². The molecule has 1 aromatic carbocycles. The summed E-state index contributed by atoms with van der Waals surface area (Å²) in [6.45, 7) is 6.40. The maximum atomic E-state index is 11.2. The van der Waals surface area contributed by atoms with E-state index >= 15 is 0 Å². The third kappa shape index (κ3) is 4.07. The molecule has 1 aromatic rings. The van der Waals surface area contributed by atoms with Crippen molar-refractivity contribution >= 4 is 5.91 Å². The first-order valence-electron chi connectivity index (χ1n) is 5.72. The van der Waals surface area contributed by atoms with Crippen LogP contribution in [0.3, 0.4) is 0 Å². The highest BCUT2D eigenvalue weighted by molar-refractivity contribution is 5.79. The Morgan fingerprint density at radius 3 is 2.76 bits per heavy atom. The molecule has 0 saturated heterocycles. The highest BCUT2D eigenvalue weighted by Crippen LogP contribution is 2.18. The summed E-state index contributed by atoms with van der Waals surface area (Å²) in [7, 11) is 0. The first-order valence-corrected chi connectivity index (χ1v) is 5.72. The largest absolute Gasteiger partial charge is 0.494 e. The number of aryl methyl sites for hydroxylation is 1. The molecule has 1 unspecified atom stereocenters. The average Bonchev–Trinajstić information content (AvgIpc) is 2.29. The van der Waals surface area contributed by atoms with Crippen molar-refractivity contribution in [2.24, 2.45) is 0 Å². The minimum Gasteiger partial charge on any atom is -0.494 e. The standard InChI is InChI=1S/C13H19NO3/c1-4-17-12-6-5-11(7-9(12)2)8-14-13(16)10(3)15/h5-7,10,15H,4,8H2,1-3H3,(H,14,16). The molecule has 0 fully saturated rings. The molecule has 94 valence electrons. The molecule has 0 aromatic heterocycles. The van der Waals surface area contributed by atoms with E-state index < -0.39 is 6.10 Å². The summed E-state index contributed by atoms with van der Waals surface area (Å²) < 4.78 is 5.43. The maximum absolute atomic E-state index is 11.2. The first kappa shape index (κ1) is 13.5. The minimum atomic E-state index is -0.973. The zero-order chi connectivity index (χ0) is 12.8. The van der Waals surface area contributed by atoms with E-state index in [1.807, 2.05) is 32.0 Å². The molecule has 2 N–H and O–H groups in total. The summed E-state index contributed by atoms with van der Waals surface area (Å²) in [4.78, 5) is 11.2. The van der Waals surface area contributed by atoms with E-state index in [2.05, 4.69) is 5.32 Å². The summed E-state index contributed by atoms with van der Waals surface area (Å²) in [5.74, 6) is 0.495. The summed E-state index contributed by atoms with van der Waals surface area (Å²) in [5, 5.41) is 11.7. The molecule has 0 bridgehead atoms. The SMILES string of the molecule is CCOc1ccc(CNC(=O)C(C)O)cc1C. The van der Waals surface area contributed by atoms with E-state index in [4.69, 9.17) is 9.84 Å². The van der Waals surface area contributed by atoms with Gasteiger partial charge in [-0.15, -0.1) is 0 Å². The zero-order valence-corrected chi connectivity index (χ0v) is 10.5. The number of carbonyl (C=O) groups excluding carboxylic acids is 1. The molecular weight excluding hydrogens is 218 g/mol. The van der Waals surface area contributed by atoms with Crippen molar-refractivity contribution in [1.29, 1.82) is 0 Å². The molecule has 1 rings (SSSR count). The first-order chi connectivity index (χ1) is 8.04. The lowest BCUT2D eigenvalue weighted by molar-refractivity contribution is -0.128. The number of aliphatic hydroxyl groups excluding tert-OH is 1. The Hall–Kier alpha value is -1.55. The van der Waals surface area contributed by atoms with Crippen LogP contribution in [-0.4, -0.2) is 23.7 Å². The maximum Gasteiger partial charge on any atom is 0.248 e. The number of nitrogens with one attached hydrogen (secondary N) is 1. The van der Waals surface area contributed by atoms with E-state index in [0.29, 0.717) is 13.2 Å². The van der Waals surface area contributed by atoms with Crippen LogP contribution < -0.4 is 10.1 Å². The van der Waals surface area contributed by atoms with Gasteiger partial charge in [0.05, 0.1) is 6.61 Å². The van der Waals surface area contributed by atoms with Gasteiger partial charge in [0.1, 0.15) is 11.9 Å². The number of ether oxygens (including phenoxy) is 1. The number of hydrogen-bond acceptors (Lipinski definition) is 3. The zero-order valence-electron chi connectivity index (χ0n) is 10.5. The van der Waals surface area contributed by atoms with Gasteiger partial charge in [0, 0.05) is 6.54 Å². The van der Waals surface area contributed by atoms with E-state index in [9.17, 15) is 4.79 Å². The van der Waals surface area contributed by atoms with E-state index in [0.717, 1.165) is 16.9 Å². The van der Waals surface area contributed by atoms with Crippen LogP contribution in [0, 0.1) is 6.92 Å². The fraction of sp³-hybridized carbons (Fsp3) is 0.462. The predicted octanol–water partition coefficient (Wildman–Crippen LogP) is 1.39. The fourth-order valence-corrected chi connectivity index (χ4v) is 1.48. The van der Waals surface area contributed by atoms with Gasteiger partial charge in [0.15, 0.2) is 0 Å². The fourth-order valence-electron chi connectivity index (χ4n) is 1.48. The number of amides is 1. The topological polar surface area (TPSA) is 58.6 Å². The number of carbonyl (C=O) groups is 1. The van der Waals surface area contributed by atoms with Crippen LogP contribution >= 0.6 is 0 Å². The van der Waals surface area contributed by atoms with Crippen molar-refractivity contribution < 1.29 is 14.6 Å². The summed E-state index contributed by atoms with van der Waals surface area (Å²) in [6, 6.07) is 5.76. The van der Waals surface area contributed by atoms with Gasteiger partial charge in [-0.05, 0) is 38.0 Å². The highest BCUT2D eigenvalue weighted by atomic mass is 16.5. The van der Waals surface area contributed by atoms with E-state index in [-0.39, 0.29) is 5.91 Å². The van der Waals surface area contributed by atoms with Crippen LogP contribution in [0.5, 0.6) is 5.75 Å². The molecule has 0 aliphatic heterocycles. The average molecular weight is 237 g/mol. The number of benzene rings is 1. The Kier molecular flexibility index (Phi) is 4.97. The second-order valence-electron chi connectivity index (χ2n) is 3.93. The van der Waals surface area contributed by atoms with Crippen molar-refractivity contribution in [3.05, 3.63) is 29.3 Å². The Bertz CT molecular complexity index is 388. The lowest BCUT2D eigenvalue weighted by Crippen LogP contribution is -2.31. The molecule has 0 heterocycles. The van der Waals surface area contributed by atoms with Gasteiger partial charge in [0.25, 0.3) is 0 Å². The van der Waals surface area contributed by atoms with Crippen LogP contribution in [0.2, 0.25) is 0 Å². The van der Waals surface area contributed by atoms with Gasteiger partial charge in [-0.2, -0.15) is 0 Å². The summed E-state index contributed by atoms with van der Waals surface area (Å²) in [5.41, 5.74) is 2.02. The third-order valence-corrected chi connectivity index (χ3v) is 2.39. The lowest BCUT2D eigenvalue weighted by Gasteiger charge is -2.10. The Morgan fingerprint density at radius 1 is 1.53 bits per heavy atom. The second-order valence-corrected chi connectivity index (χ2v) is 3.93. The molecule has 0 aliphatic carbocycles. The van der Waals surface area contributed by atoms with E-state index in [1.165, 1.54) is 6.92 Å². The molecular formula is C13H19NO3. The van der Waals surface area contributed by atoms with Gasteiger partial charge >= 0.3 is 0 Å². The number of hydrogen-bond donors (Lipinski definition) is 2. The van der Waals surface area contributed by atoms with Crippen molar-refractivity contribution in [3.63, 3.8) is 0 Å². The van der Waals surface area contributed by atoms with Gasteiger partial charge in [-0.1, -0.05) is 12.1 Å². The number of aliphatic hydroxyl groups is 1. The van der Waals surface area contributed by atoms with Gasteiger partial charge < -0.3 is 15.2 Å². The Morgan fingerprint density at radius 2 is 2.24 bits per heavy atom. The quantitative estimate of drug-likeness (QED) is 0.813. The smallest absolute Gasteiger partial charge is 0.248 e. The molecule has 17 heavy (non-hydrogen) atoms. The lowest BCUT2D eigenvalue weighted by atomic mass is 10.1.